The van der Waals surface area contributed by atoms with Crippen LogP contribution in [0.2, 0.25) is 0 Å². The van der Waals surface area contributed by atoms with Gasteiger partial charge in [-0.25, -0.2) is 0 Å². The van der Waals surface area contributed by atoms with Gasteiger partial charge in [-0.05, 0) is 125 Å². The maximum absolute atomic E-state index is 13.1. The van der Waals surface area contributed by atoms with Gasteiger partial charge >= 0.3 is 5.97 Å². The number of hydrogen-bond acceptors (Lipinski definition) is 6. The summed E-state index contributed by atoms with van der Waals surface area (Å²) < 4.78 is 18.7. The number of aliphatic hydroxyl groups excluding tert-OH is 1. The minimum absolute atomic E-state index is 0. The van der Waals surface area contributed by atoms with Gasteiger partial charge < -0.3 is 19.3 Å². The Balaban J connectivity index is 0.00000368. The summed E-state index contributed by atoms with van der Waals surface area (Å²) in [7, 11) is 0. The number of rotatable bonds is 4. The van der Waals surface area contributed by atoms with Gasteiger partial charge in [0.2, 0.25) is 0 Å². The number of aliphatic hydroxyl groups is 1. The van der Waals surface area contributed by atoms with Crippen molar-refractivity contribution in [1.29, 1.82) is 0 Å². The van der Waals surface area contributed by atoms with Gasteiger partial charge in [-0.3, -0.25) is 9.69 Å². The fourth-order valence-electron chi connectivity index (χ4n) is 12.6. The Morgan fingerprint density at radius 2 is 1.53 bits per heavy atom. The number of carbonyl (C=O) groups is 1. The van der Waals surface area contributed by atoms with E-state index < -0.39 is 0 Å². The molecule has 248 valence electrons. The van der Waals surface area contributed by atoms with Gasteiger partial charge in [-0.15, -0.1) is 12.4 Å². The Morgan fingerprint density at radius 1 is 0.860 bits per heavy atom. The minimum Gasteiger partial charge on any atom is -0.461 e. The van der Waals surface area contributed by atoms with Crippen molar-refractivity contribution in [2.24, 2.45) is 45.3 Å². The summed E-state index contributed by atoms with van der Waals surface area (Å²) in [4.78, 5) is 15.2. The lowest BCUT2D eigenvalue weighted by Crippen LogP contribution is -2.67. The molecule has 2 saturated heterocycles. The Labute approximate surface area is 268 Å². The van der Waals surface area contributed by atoms with Gasteiger partial charge in [-0.1, -0.05) is 34.6 Å². The number of hydrogen-bond donors (Lipinski definition) is 1. The number of nitrogens with zero attached hydrogens (tertiary/aromatic N) is 1. The summed E-state index contributed by atoms with van der Waals surface area (Å²) in [6, 6.07) is 0. The quantitative estimate of drug-likeness (QED) is 0.339. The first-order valence-corrected chi connectivity index (χ1v) is 17.4. The second-order valence-corrected chi connectivity index (χ2v) is 17.7. The van der Waals surface area contributed by atoms with Crippen LogP contribution in [-0.2, 0) is 19.0 Å². The third-order valence-corrected chi connectivity index (χ3v) is 14.8. The second-order valence-electron chi connectivity index (χ2n) is 17.7. The molecule has 4 aliphatic carbocycles. The molecule has 0 aromatic carbocycles. The zero-order valence-electron chi connectivity index (χ0n) is 28.5. The van der Waals surface area contributed by atoms with Crippen molar-refractivity contribution in [3.05, 3.63) is 0 Å². The molecule has 0 aromatic rings. The highest BCUT2D eigenvalue weighted by Gasteiger charge is 2.72. The van der Waals surface area contributed by atoms with Crippen LogP contribution < -0.4 is 0 Å². The van der Waals surface area contributed by atoms with Crippen LogP contribution in [0.25, 0.3) is 0 Å². The van der Waals surface area contributed by atoms with E-state index in [1.807, 2.05) is 0 Å². The molecule has 0 aromatic heterocycles. The first kappa shape index (κ1) is 33.9. The van der Waals surface area contributed by atoms with E-state index >= 15 is 0 Å². The minimum atomic E-state index is -0.284. The third kappa shape index (κ3) is 5.33. The maximum Gasteiger partial charge on any atom is 0.320 e. The van der Waals surface area contributed by atoms with Gasteiger partial charge in [0.25, 0.3) is 0 Å². The fourth-order valence-corrected chi connectivity index (χ4v) is 12.6. The van der Waals surface area contributed by atoms with Crippen molar-refractivity contribution in [3.8, 4) is 0 Å². The summed E-state index contributed by atoms with van der Waals surface area (Å²) in [5, 5.41) is 12.2. The van der Waals surface area contributed by atoms with E-state index in [1.165, 1.54) is 32.1 Å². The van der Waals surface area contributed by atoms with Gasteiger partial charge in [0, 0.05) is 18.5 Å². The van der Waals surface area contributed by atoms with Crippen LogP contribution in [0.15, 0.2) is 0 Å². The van der Waals surface area contributed by atoms with Crippen LogP contribution in [0.5, 0.6) is 0 Å². The Kier molecular flexibility index (Phi) is 8.99. The van der Waals surface area contributed by atoms with Crippen molar-refractivity contribution in [1.82, 2.24) is 4.90 Å². The van der Waals surface area contributed by atoms with E-state index in [0.29, 0.717) is 43.4 Å². The number of carbonyl (C=O) groups excluding carboxylic acids is 1. The Morgan fingerprint density at radius 3 is 2.21 bits per heavy atom. The van der Waals surface area contributed by atoms with Crippen LogP contribution in [-0.4, -0.2) is 72.2 Å². The highest BCUT2D eigenvalue weighted by molar-refractivity contribution is 5.85. The van der Waals surface area contributed by atoms with E-state index in [0.717, 1.165) is 45.2 Å². The van der Waals surface area contributed by atoms with Crippen molar-refractivity contribution in [2.45, 2.75) is 143 Å². The predicted molar refractivity (Wildman–Crippen MR) is 172 cm³/mol. The van der Waals surface area contributed by atoms with Crippen LogP contribution >= 0.6 is 12.4 Å². The average Bonchev–Trinajstić information content (AvgIpc) is 3.28. The van der Waals surface area contributed by atoms with Crippen molar-refractivity contribution < 1.29 is 24.1 Å². The molecule has 0 unspecified atom stereocenters. The topological polar surface area (TPSA) is 68.2 Å². The van der Waals surface area contributed by atoms with Gasteiger partial charge in [-0.2, -0.15) is 0 Å². The molecule has 0 radical (unpaired) electrons. The van der Waals surface area contributed by atoms with E-state index in [1.54, 1.807) is 0 Å². The fraction of sp³-hybridized carbons (Fsp3) is 0.972. The second kappa shape index (κ2) is 11.4. The van der Waals surface area contributed by atoms with Crippen LogP contribution in [0, 0.1) is 45.3 Å². The van der Waals surface area contributed by atoms with Crippen molar-refractivity contribution in [3.63, 3.8) is 0 Å². The van der Waals surface area contributed by atoms with Crippen LogP contribution in [0.4, 0.5) is 0 Å². The van der Waals surface area contributed by atoms with Crippen molar-refractivity contribution >= 4 is 18.4 Å². The summed E-state index contributed by atoms with van der Waals surface area (Å²) in [6.45, 7) is 22.7. The first-order chi connectivity index (χ1) is 19.6. The van der Waals surface area contributed by atoms with Crippen molar-refractivity contribution in [2.75, 3.05) is 32.8 Å². The summed E-state index contributed by atoms with van der Waals surface area (Å²) in [5.41, 5.74) is 0.0930. The highest BCUT2D eigenvalue weighted by Crippen LogP contribution is 2.76. The summed E-state index contributed by atoms with van der Waals surface area (Å²) in [6.07, 6.45) is 10.7. The molecule has 2 aliphatic heterocycles. The molecule has 6 nitrogen and oxygen atoms in total. The average molecular weight is 624 g/mol. The molecular formula is C36H62ClNO5. The molecule has 7 heteroatoms. The van der Waals surface area contributed by atoms with Crippen LogP contribution in [0.3, 0.4) is 0 Å². The zero-order valence-corrected chi connectivity index (χ0v) is 29.3. The Hall–Kier alpha value is -0.400. The predicted octanol–water partition coefficient (Wildman–Crippen LogP) is 7.05. The largest absolute Gasteiger partial charge is 0.461 e. The van der Waals surface area contributed by atoms with E-state index in [-0.39, 0.29) is 63.4 Å². The number of esters is 1. The molecule has 4 saturated carbocycles. The van der Waals surface area contributed by atoms with Gasteiger partial charge in [0.1, 0.15) is 6.10 Å². The van der Waals surface area contributed by atoms with E-state index in [9.17, 15) is 9.90 Å². The molecule has 6 rings (SSSR count). The first-order valence-electron chi connectivity index (χ1n) is 17.4. The lowest BCUT2D eigenvalue weighted by molar-refractivity contribution is -0.259. The molecule has 1 N–H and O–H groups in total. The number of fused-ring (bicyclic) bond motifs is 5. The molecule has 0 bridgehead atoms. The standard InChI is InChI=1S/C36H61NO5.ClH/c1-31(2)13-9-14-36(8,42-31)24-10-16-35(7)30(24)25(38)22-27-33(5)15-12-28(32(3,4)26(33)11-17-34(27,35)6)41-29(39)23-37-18-20-40-21-19-37;/h24-28,30,38H,9-23H2,1-8H3;1H/t24-,25+,26-,27+,28-,30-,33-,34+,35+,36+;/m0./s1. The molecule has 6 fully saturated rings. The summed E-state index contributed by atoms with van der Waals surface area (Å²) >= 11 is 0. The molecule has 10 atom stereocenters. The SMILES string of the molecule is CC1(C)CCC[C@](C)([C@H]2CC[C@]3(C)[C@@H]2[C@H](O)C[C@@H]2[C@@]4(C)CC[C@H](OC(=O)CN5CCOCC5)C(C)(C)[C@@H]4CC[C@]23C)O1.Cl. The normalized spacial score (nSPS) is 49.1. The van der Waals surface area contributed by atoms with Gasteiger partial charge in [0.15, 0.2) is 0 Å². The monoisotopic (exact) mass is 623 g/mol. The molecular weight excluding hydrogens is 562 g/mol. The van der Waals surface area contributed by atoms with Crippen LogP contribution in [0.1, 0.15) is 120 Å². The molecule has 0 amide bonds. The smallest absolute Gasteiger partial charge is 0.320 e. The van der Waals surface area contributed by atoms with Gasteiger partial charge in [0.05, 0.1) is 37.1 Å². The van der Waals surface area contributed by atoms with E-state index in [4.69, 9.17) is 14.2 Å². The molecule has 43 heavy (non-hydrogen) atoms. The molecule has 0 spiro atoms. The Bertz CT molecular complexity index is 1040. The lowest BCUT2D eigenvalue weighted by atomic mass is 9.35. The maximum atomic E-state index is 13.1. The number of morpholine rings is 1. The van der Waals surface area contributed by atoms with E-state index in [2.05, 4.69) is 60.3 Å². The molecule has 2 heterocycles. The molecule has 6 aliphatic rings. The highest BCUT2D eigenvalue weighted by atomic mass is 35.5. The number of halogens is 1. The number of ether oxygens (including phenoxy) is 3. The zero-order chi connectivity index (χ0) is 30.3. The summed E-state index contributed by atoms with van der Waals surface area (Å²) in [5.74, 6) is 1.57. The third-order valence-electron chi connectivity index (χ3n) is 14.8. The lowest BCUT2D eigenvalue weighted by Gasteiger charge is -2.70.